The Hall–Kier alpha value is -2.02. The van der Waals surface area contributed by atoms with Gasteiger partial charge in [-0.25, -0.2) is 0 Å². The molecule has 0 spiro atoms. The zero-order valence-electron chi connectivity index (χ0n) is 16.7. The van der Waals surface area contributed by atoms with Crippen molar-refractivity contribution in [2.24, 2.45) is 5.92 Å². The van der Waals surface area contributed by atoms with Crippen LogP contribution in [0.25, 0.3) is 10.9 Å². The molecule has 1 aliphatic heterocycles. The van der Waals surface area contributed by atoms with Gasteiger partial charge in [0.2, 0.25) is 5.91 Å². The third-order valence-corrected chi connectivity index (χ3v) is 5.40. The van der Waals surface area contributed by atoms with E-state index < -0.39 is 0 Å². The van der Waals surface area contributed by atoms with Gasteiger partial charge in [-0.05, 0) is 70.5 Å². The van der Waals surface area contributed by atoms with Crippen molar-refractivity contribution in [3.8, 4) is 0 Å². The molecule has 1 aromatic carbocycles. The predicted octanol–water partition coefficient (Wildman–Crippen LogP) is 2.91. The Balaban J connectivity index is 1.53. The van der Waals surface area contributed by atoms with Gasteiger partial charge in [-0.15, -0.1) is 0 Å². The number of hydrazine groups is 1. The molecule has 6 nitrogen and oxygen atoms in total. The molecule has 3 rings (SSSR count). The second-order valence-electron chi connectivity index (χ2n) is 7.80. The number of carbonyl (C=O) groups is 1. The van der Waals surface area contributed by atoms with E-state index in [1.165, 1.54) is 19.8 Å². The molecule has 1 aromatic heterocycles. The molecule has 1 fully saturated rings. The first-order valence-electron chi connectivity index (χ1n) is 9.79. The van der Waals surface area contributed by atoms with Gasteiger partial charge in [0.15, 0.2) is 0 Å². The number of pyridine rings is 1. The quantitative estimate of drug-likeness (QED) is 0.700. The van der Waals surface area contributed by atoms with E-state index in [4.69, 9.17) is 4.98 Å². The topological polar surface area (TPSA) is 69.3 Å². The minimum atomic E-state index is -0.0616. The summed E-state index contributed by atoms with van der Waals surface area (Å²) in [6.07, 6.45) is 2.41. The average molecular weight is 370 g/mol. The molecule has 0 radical (unpaired) electrons. The number of rotatable bonds is 7. The van der Waals surface area contributed by atoms with Gasteiger partial charge in [-0.2, -0.15) is 0 Å². The molecule has 1 amide bonds. The highest BCUT2D eigenvalue weighted by Crippen LogP contribution is 2.21. The predicted molar refractivity (Wildman–Crippen MR) is 110 cm³/mol. The van der Waals surface area contributed by atoms with Gasteiger partial charge in [0.05, 0.1) is 11.2 Å². The molecule has 2 atom stereocenters. The molecular weight excluding hydrogens is 338 g/mol. The summed E-state index contributed by atoms with van der Waals surface area (Å²) in [5.41, 5.74) is 9.50. The van der Waals surface area contributed by atoms with E-state index in [9.17, 15) is 4.79 Å². The van der Waals surface area contributed by atoms with Gasteiger partial charge in [0, 0.05) is 36.6 Å². The van der Waals surface area contributed by atoms with Crippen molar-refractivity contribution in [3.05, 3.63) is 36.0 Å². The number of hydrogen-bond donors (Lipinski definition) is 3. The lowest BCUT2D eigenvalue weighted by Crippen LogP contribution is -2.30. The molecule has 2 unspecified atom stereocenters. The maximum absolute atomic E-state index is 11.2. The lowest BCUT2D eigenvalue weighted by atomic mass is 9.91. The van der Waals surface area contributed by atoms with E-state index in [1.807, 2.05) is 18.2 Å². The number of nitrogens with one attached hydrogen (secondary N) is 3. The lowest BCUT2D eigenvalue weighted by molar-refractivity contribution is -0.114. The molecule has 1 saturated heterocycles. The van der Waals surface area contributed by atoms with E-state index in [-0.39, 0.29) is 5.91 Å². The largest absolute Gasteiger partial charge is 0.326 e. The highest BCUT2D eigenvalue weighted by Gasteiger charge is 2.28. The summed E-state index contributed by atoms with van der Waals surface area (Å²) >= 11 is 0. The molecule has 6 heteroatoms. The fraction of sp³-hybridized carbons (Fsp3) is 0.524. The molecule has 1 aliphatic rings. The number of fused-ring (bicyclic) bond motifs is 1. The summed E-state index contributed by atoms with van der Waals surface area (Å²) in [5.74, 6) is 0.628. The Morgan fingerprint density at radius 3 is 2.63 bits per heavy atom. The van der Waals surface area contributed by atoms with Crippen molar-refractivity contribution < 1.29 is 4.79 Å². The van der Waals surface area contributed by atoms with Crippen LogP contribution in [-0.2, 0) is 11.3 Å². The van der Waals surface area contributed by atoms with Crippen molar-refractivity contribution in [1.82, 2.24) is 20.7 Å². The van der Waals surface area contributed by atoms with Gasteiger partial charge < -0.3 is 10.2 Å². The van der Waals surface area contributed by atoms with Crippen molar-refractivity contribution in [1.29, 1.82) is 0 Å². The minimum Gasteiger partial charge on any atom is -0.326 e. The lowest BCUT2D eigenvalue weighted by Gasteiger charge is -2.21. The van der Waals surface area contributed by atoms with Gasteiger partial charge in [-0.1, -0.05) is 6.07 Å². The zero-order valence-corrected chi connectivity index (χ0v) is 16.7. The Morgan fingerprint density at radius 1 is 1.19 bits per heavy atom. The van der Waals surface area contributed by atoms with Crippen LogP contribution in [0.1, 0.15) is 39.3 Å². The molecule has 2 aromatic rings. The van der Waals surface area contributed by atoms with Crippen LogP contribution in [-0.4, -0.2) is 41.5 Å². The molecule has 0 bridgehead atoms. The van der Waals surface area contributed by atoms with Crippen molar-refractivity contribution in [3.63, 3.8) is 0 Å². The summed E-state index contributed by atoms with van der Waals surface area (Å²) in [5, 5.41) is 3.85. The third-order valence-electron chi connectivity index (χ3n) is 5.40. The zero-order chi connectivity index (χ0) is 19.4. The monoisotopic (exact) mass is 369 g/mol. The van der Waals surface area contributed by atoms with Gasteiger partial charge in [0.1, 0.15) is 0 Å². The fourth-order valence-corrected chi connectivity index (χ4v) is 3.90. The Morgan fingerprint density at radius 2 is 1.93 bits per heavy atom. The number of nitrogens with zero attached hydrogens (tertiary/aromatic N) is 2. The summed E-state index contributed by atoms with van der Waals surface area (Å²) in [4.78, 5) is 18.3. The standard InChI is InChI=1S/C21H31N5O/c1-14-20(15(2)25-24-14)6-5-11-26(4)13-19-8-7-17-12-18(22-16(3)27)9-10-21(17)23-19/h7-10,12,14-15,20,24-25H,5-6,11,13H2,1-4H3,(H,22,27). The first kappa shape index (κ1) is 19.7. The number of amides is 1. The van der Waals surface area contributed by atoms with Crippen LogP contribution in [0.3, 0.4) is 0 Å². The van der Waals surface area contributed by atoms with Crippen LogP contribution >= 0.6 is 0 Å². The number of aromatic nitrogens is 1. The molecule has 0 saturated carbocycles. The highest BCUT2D eigenvalue weighted by molar-refractivity contribution is 5.92. The Bertz CT molecular complexity index is 783. The smallest absolute Gasteiger partial charge is 0.221 e. The average Bonchev–Trinajstić information content (AvgIpc) is 2.93. The molecule has 27 heavy (non-hydrogen) atoms. The first-order chi connectivity index (χ1) is 12.9. The van der Waals surface area contributed by atoms with Crippen LogP contribution in [0.15, 0.2) is 30.3 Å². The SMILES string of the molecule is CC(=O)Nc1ccc2nc(CN(C)CCCC3C(C)NNC3C)ccc2c1. The molecular formula is C21H31N5O. The summed E-state index contributed by atoms with van der Waals surface area (Å²) in [6, 6.07) is 11.1. The Labute approximate surface area is 161 Å². The number of hydrogen-bond acceptors (Lipinski definition) is 5. The Kier molecular flexibility index (Phi) is 6.42. The normalized spacial score (nSPS) is 22.5. The van der Waals surface area contributed by atoms with Crippen molar-refractivity contribution >= 4 is 22.5 Å². The van der Waals surface area contributed by atoms with E-state index in [0.29, 0.717) is 18.0 Å². The van der Waals surface area contributed by atoms with E-state index in [2.05, 4.69) is 54.1 Å². The van der Waals surface area contributed by atoms with Crippen LogP contribution in [0.4, 0.5) is 5.69 Å². The van der Waals surface area contributed by atoms with Crippen molar-refractivity contribution in [2.45, 2.75) is 52.2 Å². The number of carbonyl (C=O) groups excluding carboxylic acids is 1. The fourth-order valence-electron chi connectivity index (χ4n) is 3.90. The van der Waals surface area contributed by atoms with Crippen molar-refractivity contribution in [2.75, 3.05) is 18.9 Å². The van der Waals surface area contributed by atoms with Crippen LogP contribution in [0.2, 0.25) is 0 Å². The molecule has 146 valence electrons. The summed E-state index contributed by atoms with van der Waals surface area (Å²) in [6.45, 7) is 7.93. The minimum absolute atomic E-state index is 0.0616. The van der Waals surface area contributed by atoms with Gasteiger partial charge >= 0.3 is 0 Å². The number of benzene rings is 1. The summed E-state index contributed by atoms with van der Waals surface area (Å²) in [7, 11) is 2.16. The highest BCUT2D eigenvalue weighted by atomic mass is 16.1. The number of anilines is 1. The molecule has 2 heterocycles. The maximum atomic E-state index is 11.2. The molecule has 3 N–H and O–H groups in total. The van der Waals surface area contributed by atoms with E-state index in [1.54, 1.807) is 0 Å². The maximum Gasteiger partial charge on any atom is 0.221 e. The van der Waals surface area contributed by atoms with E-state index in [0.717, 1.165) is 35.4 Å². The van der Waals surface area contributed by atoms with Crippen LogP contribution < -0.4 is 16.2 Å². The summed E-state index contributed by atoms with van der Waals surface area (Å²) < 4.78 is 0. The second-order valence-corrected chi connectivity index (χ2v) is 7.80. The third kappa shape index (κ3) is 5.25. The van der Waals surface area contributed by atoms with Crippen LogP contribution in [0, 0.1) is 5.92 Å². The second kappa shape index (κ2) is 8.78. The van der Waals surface area contributed by atoms with Gasteiger partial charge in [0.25, 0.3) is 0 Å². The van der Waals surface area contributed by atoms with Crippen LogP contribution in [0.5, 0.6) is 0 Å². The first-order valence-corrected chi connectivity index (χ1v) is 9.79. The molecule has 0 aliphatic carbocycles. The van der Waals surface area contributed by atoms with Gasteiger partial charge in [-0.3, -0.25) is 20.6 Å². The van der Waals surface area contributed by atoms with E-state index >= 15 is 0 Å².